The van der Waals surface area contributed by atoms with E-state index in [4.69, 9.17) is 21.1 Å². The smallest absolute Gasteiger partial charge is 0.337 e. The lowest BCUT2D eigenvalue weighted by Gasteiger charge is -2.17. The highest BCUT2D eigenvalue weighted by atomic mass is 35.5. The number of amides is 1. The van der Waals surface area contributed by atoms with E-state index in [0.717, 1.165) is 5.56 Å². The van der Waals surface area contributed by atoms with Crippen molar-refractivity contribution >= 4 is 35.1 Å². The fourth-order valence-electron chi connectivity index (χ4n) is 2.96. The molecule has 0 saturated heterocycles. The molecule has 0 radical (unpaired) electrons. The molecule has 7 heteroatoms. The SMILES string of the molecule is COC(=O)c1cc(NC(=O)C2(c3ccc(Cl)cc3)CC2)cc(C(=O)OC)c1. The number of nitrogens with one attached hydrogen (secondary N) is 1. The fourth-order valence-corrected chi connectivity index (χ4v) is 3.09. The first-order valence-corrected chi connectivity index (χ1v) is 8.66. The van der Waals surface area contributed by atoms with E-state index in [2.05, 4.69) is 5.32 Å². The summed E-state index contributed by atoms with van der Waals surface area (Å²) in [5.74, 6) is -1.44. The van der Waals surface area contributed by atoms with Crippen molar-refractivity contribution in [3.8, 4) is 0 Å². The average Bonchev–Trinajstić information content (AvgIpc) is 3.49. The number of esters is 2. The van der Waals surface area contributed by atoms with E-state index in [1.807, 2.05) is 12.1 Å². The molecule has 1 fully saturated rings. The van der Waals surface area contributed by atoms with Crippen LogP contribution in [0.5, 0.6) is 0 Å². The van der Waals surface area contributed by atoms with Gasteiger partial charge in [-0.1, -0.05) is 23.7 Å². The van der Waals surface area contributed by atoms with Gasteiger partial charge in [0.15, 0.2) is 0 Å². The molecule has 0 unspecified atom stereocenters. The minimum atomic E-state index is -0.628. The third-order valence-corrected chi connectivity index (χ3v) is 4.87. The van der Waals surface area contributed by atoms with Gasteiger partial charge in [-0.15, -0.1) is 0 Å². The van der Waals surface area contributed by atoms with Crippen molar-refractivity contribution < 1.29 is 23.9 Å². The maximum absolute atomic E-state index is 12.9. The van der Waals surface area contributed by atoms with Crippen LogP contribution in [0, 0.1) is 0 Å². The monoisotopic (exact) mass is 387 g/mol. The van der Waals surface area contributed by atoms with Gasteiger partial charge in [-0.05, 0) is 48.7 Å². The molecule has 1 N–H and O–H groups in total. The van der Waals surface area contributed by atoms with Gasteiger partial charge in [0.05, 0.1) is 30.8 Å². The van der Waals surface area contributed by atoms with E-state index in [1.54, 1.807) is 12.1 Å². The van der Waals surface area contributed by atoms with Crippen LogP contribution in [0.2, 0.25) is 5.02 Å². The molecule has 0 atom stereocenters. The number of hydrogen-bond acceptors (Lipinski definition) is 5. The number of carbonyl (C=O) groups is 3. The molecule has 3 rings (SSSR count). The largest absolute Gasteiger partial charge is 0.465 e. The standard InChI is InChI=1S/C20H18ClNO5/c1-26-17(23)12-9-13(18(24)27-2)11-16(10-12)22-19(25)20(7-8-20)14-3-5-15(21)6-4-14/h3-6,9-11H,7-8H2,1-2H3,(H,22,25). The van der Waals surface area contributed by atoms with E-state index >= 15 is 0 Å². The Morgan fingerprint density at radius 3 is 1.89 bits per heavy atom. The first-order valence-electron chi connectivity index (χ1n) is 8.29. The Morgan fingerprint density at radius 2 is 1.44 bits per heavy atom. The summed E-state index contributed by atoms with van der Waals surface area (Å²) in [6, 6.07) is 11.5. The summed E-state index contributed by atoms with van der Waals surface area (Å²) < 4.78 is 9.42. The second-order valence-electron chi connectivity index (χ2n) is 6.33. The lowest BCUT2D eigenvalue weighted by molar-refractivity contribution is -0.118. The van der Waals surface area contributed by atoms with Crippen LogP contribution in [0.3, 0.4) is 0 Å². The lowest BCUT2D eigenvalue weighted by Crippen LogP contribution is -2.28. The summed E-state index contributed by atoms with van der Waals surface area (Å²) >= 11 is 5.92. The van der Waals surface area contributed by atoms with Crippen LogP contribution in [0.25, 0.3) is 0 Å². The molecule has 0 heterocycles. The Hall–Kier alpha value is -2.86. The van der Waals surface area contributed by atoms with Gasteiger partial charge < -0.3 is 14.8 Å². The van der Waals surface area contributed by atoms with Crippen molar-refractivity contribution in [3.63, 3.8) is 0 Å². The quantitative estimate of drug-likeness (QED) is 0.793. The van der Waals surface area contributed by atoms with Gasteiger partial charge in [-0.3, -0.25) is 4.79 Å². The second-order valence-corrected chi connectivity index (χ2v) is 6.76. The molecule has 27 heavy (non-hydrogen) atoms. The number of halogens is 1. The molecule has 140 valence electrons. The lowest BCUT2D eigenvalue weighted by atomic mass is 9.95. The molecule has 0 spiro atoms. The van der Waals surface area contributed by atoms with E-state index < -0.39 is 17.4 Å². The van der Waals surface area contributed by atoms with Crippen molar-refractivity contribution in [1.82, 2.24) is 0 Å². The molecule has 0 bridgehead atoms. The summed E-state index contributed by atoms with van der Waals surface area (Å²) in [6.45, 7) is 0. The molecular weight excluding hydrogens is 370 g/mol. The second kappa shape index (κ2) is 7.40. The molecule has 6 nitrogen and oxygen atoms in total. The third kappa shape index (κ3) is 3.80. The molecule has 1 saturated carbocycles. The molecular formula is C20H18ClNO5. The minimum Gasteiger partial charge on any atom is -0.465 e. The highest BCUT2D eigenvalue weighted by molar-refractivity contribution is 6.30. The number of hydrogen-bond donors (Lipinski definition) is 1. The minimum absolute atomic E-state index is 0.145. The van der Waals surface area contributed by atoms with Gasteiger partial charge in [-0.25, -0.2) is 9.59 Å². The Labute approximate surface area is 161 Å². The highest BCUT2D eigenvalue weighted by Crippen LogP contribution is 2.49. The molecule has 0 aliphatic heterocycles. The van der Waals surface area contributed by atoms with E-state index in [-0.39, 0.29) is 17.0 Å². The van der Waals surface area contributed by atoms with E-state index in [0.29, 0.717) is 23.6 Å². The van der Waals surface area contributed by atoms with Crippen LogP contribution >= 0.6 is 11.6 Å². The zero-order valence-electron chi connectivity index (χ0n) is 14.9. The van der Waals surface area contributed by atoms with Crippen molar-refractivity contribution in [2.24, 2.45) is 0 Å². The van der Waals surface area contributed by atoms with Crippen LogP contribution in [0.4, 0.5) is 5.69 Å². The summed E-state index contributed by atoms with van der Waals surface area (Å²) in [7, 11) is 2.48. The zero-order valence-corrected chi connectivity index (χ0v) is 15.6. The summed E-state index contributed by atoms with van der Waals surface area (Å²) in [6.07, 6.45) is 1.42. The molecule has 1 aliphatic rings. The number of anilines is 1. The van der Waals surface area contributed by atoms with Crippen molar-refractivity contribution in [1.29, 1.82) is 0 Å². The number of rotatable bonds is 5. The zero-order chi connectivity index (χ0) is 19.6. The van der Waals surface area contributed by atoms with E-state index in [1.165, 1.54) is 32.4 Å². The molecule has 2 aromatic carbocycles. The molecule has 0 aromatic heterocycles. The Bertz CT molecular complexity index is 869. The summed E-state index contributed by atoms with van der Waals surface area (Å²) in [4.78, 5) is 36.7. The maximum atomic E-state index is 12.9. The summed E-state index contributed by atoms with van der Waals surface area (Å²) in [5, 5.41) is 3.41. The van der Waals surface area contributed by atoms with Gasteiger partial charge in [0, 0.05) is 10.7 Å². The first-order chi connectivity index (χ1) is 12.9. The normalized spacial score (nSPS) is 14.2. The van der Waals surface area contributed by atoms with Crippen LogP contribution in [-0.2, 0) is 19.7 Å². The predicted octanol–water partition coefficient (Wildman–Crippen LogP) is 3.58. The Kier molecular flexibility index (Phi) is 5.19. The number of benzene rings is 2. The molecule has 2 aromatic rings. The summed E-state index contributed by atoms with van der Waals surface area (Å²) in [5.41, 5.74) is 0.862. The van der Waals surface area contributed by atoms with Crippen LogP contribution in [0.1, 0.15) is 39.1 Å². The van der Waals surface area contributed by atoms with Crippen LogP contribution in [0.15, 0.2) is 42.5 Å². The molecule has 1 aliphatic carbocycles. The van der Waals surface area contributed by atoms with Gasteiger partial charge in [0.1, 0.15) is 0 Å². The molecule has 1 amide bonds. The highest BCUT2D eigenvalue weighted by Gasteiger charge is 2.51. The number of methoxy groups -OCH3 is 2. The first kappa shape index (κ1) is 18.9. The van der Waals surface area contributed by atoms with Crippen molar-refractivity contribution in [2.45, 2.75) is 18.3 Å². The number of carbonyl (C=O) groups excluding carboxylic acids is 3. The van der Waals surface area contributed by atoms with Gasteiger partial charge in [0.25, 0.3) is 0 Å². The third-order valence-electron chi connectivity index (χ3n) is 4.61. The van der Waals surface area contributed by atoms with Crippen molar-refractivity contribution in [3.05, 3.63) is 64.2 Å². The number of ether oxygens (including phenoxy) is 2. The fraction of sp³-hybridized carbons (Fsp3) is 0.250. The van der Waals surface area contributed by atoms with Gasteiger partial charge in [-0.2, -0.15) is 0 Å². The van der Waals surface area contributed by atoms with Gasteiger partial charge in [0.2, 0.25) is 5.91 Å². The topological polar surface area (TPSA) is 81.7 Å². The van der Waals surface area contributed by atoms with Gasteiger partial charge >= 0.3 is 11.9 Å². The Balaban J connectivity index is 1.90. The average molecular weight is 388 g/mol. The predicted molar refractivity (Wildman–Crippen MR) is 100 cm³/mol. The Morgan fingerprint density at radius 1 is 0.926 bits per heavy atom. The maximum Gasteiger partial charge on any atom is 0.337 e. The van der Waals surface area contributed by atoms with Crippen LogP contribution < -0.4 is 5.32 Å². The van der Waals surface area contributed by atoms with E-state index in [9.17, 15) is 14.4 Å². The van der Waals surface area contributed by atoms with Crippen LogP contribution in [-0.4, -0.2) is 32.1 Å². The van der Waals surface area contributed by atoms with Crippen molar-refractivity contribution in [2.75, 3.05) is 19.5 Å².